The van der Waals surface area contributed by atoms with Crippen molar-refractivity contribution in [2.24, 2.45) is 21.6 Å². The number of carbonyl (C=O) groups excluding carboxylic acids is 3. The van der Waals surface area contributed by atoms with Crippen LogP contribution in [-0.2, 0) is 16.0 Å². The van der Waals surface area contributed by atoms with Gasteiger partial charge in [-0.3, -0.25) is 24.7 Å². The highest BCUT2D eigenvalue weighted by Gasteiger charge is 2.65. The van der Waals surface area contributed by atoms with Crippen molar-refractivity contribution in [1.29, 1.82) is 0 Å². The molecule has 2 unspecified atom stereocenters. The fraction of sp³-hybridized carbons (Fsp3) is 0.515. The Bertz CT molecular complexity index is 1500. The van der Waals surface area contributed by atoms with Crippen molar-refractivity contribution < 1.29 is 14.4 Å². The molecule has 2 aromatic carbocycles. The summed E-state index contributed by atoms with van der Waals surface area (Å²) in [4.78, 5) is 47.4. The molecule has 1 spiro atoms. The number of nitrogens with two attached hydrogens (primary N) is 1. The van der Waals surface area contributed by atoms with Gasteiger partial charge in [0.2, 0.25) is 11.8 Å². The van der Waals surface area contributed by atoms with Crippen LogP contribution in [0.5, 0.6) is 0 Å². The Kier molecular flexibility index (Phi) is 6.30. The van der Waals surface area contributed by atoms with E-state index in [2.05, 4.69) is 29.3 Å². The van der Waals surface area contributed by atoms with Crippen LogP contribution in [0.15, 0.2) is 47.1 Å². The molecule has 4 fully saturated rings. The molecule has 3 heterocycles. The number of amides is 3. The Labute approximate surface area is 241 Å². The van der Waals surface area contributed by atoms with E-state index in [9.17, 15) is 14.4 Å². The van der Waals surface area contributed by atoms with E-state index >= 15 is 0 Å². The summed E-state index contributed by atoms with van der Waals surface area (Å²) in [5.74, 6) is -0.543. The minimum absolute atomic E-state index is 0.0666. The molecule has 2 saturated heterocycles. The number of rotatable bonds is 7. The maximum absolute atomic E-state index is 13.6. The lowest BCUT2D eigenvalue weighted by molar-refractivity contribution is -0.137. The first-order valence-electron chi connectivity index (χ1n) is 15.2. The van der Waals surface area contributed by atoms with Crippen LogP contribution in [0, 0.1) is 10.8 Å². The molecular weight excluding hydrogens is 514 g/mol. The van der Waals surface area contributed by atoms with Gasteiger partial charge in [0.05, 0.1) is 23.2 Å². The van der Waals surface area contributed by atoms with Crippen LogP contribution in [0.2, 0.25) is 0 Å². The molecular formula is C33H39N5O3. The summed E-state index contributed by atoms with van der Waals surface area (Å²) < 4.78 is 0. The van der Waals surface area contributed by atoms with E-state index in [1.165, 1.54) is 25.8 Å². The average molecular weight is 554 g/mol. The Morgan fingerprint density at radius 2 is 1.93 bits per heavy atom. The van der Waals surface area contributed by atoms with Crippen LogP contribution in [-0.4, -0.2) is 60.6 Å². The molecule has 0 aromatic heterocycles. The van der Waals surface area contributed by atoms with E-state index in [1.54, 1.807) is 11.1 Å². The average Bonchev–Trinajstić information content (AvgIpc) is 3.60. The Hall–Kier alpha value is -3.52. The summed E-state index contributed by atoms with van der Waals surface area (Å²) in [5.41, 5.74) is 9.52. The van der Waals surface area contributed by atoms with Crippen molar-refractivity contribution in [3.05, 3.63) is 53.2 Å². The Balaban J connectivity index is 1.06. The highest BCUT2D eigenvalue weighted by molar-refractivity contribution is 6.26. The fourth-order valence-electron chi connectivity index (χ4n) is 7.70. The van der Waals surface area contributed by atoms with Gasteiger partial charge in [0, 0.05) is 49.6 Å². The fourth-order valence-corrected chi connectivity index (χ4v) is 7.70. The second-order valence-corrected chi connectivity index (χ2v) is 13.3. The quantitative estimate of drug-likeness (QED) is 0.396. The van der Waals surface area contributed by atoms with Crippen LogP contribution >= 0.6 is 0 Å². The van der Waals surface area contributed by atoms with Crippen molar-refractivity contribution in [2.45, 2.75) is 76.8 Å². The normalized spacial score (nSPS) is 28.1. The summed E-state index contributed by atoms with van der Waals surface area (Å²) in [5, 5.41) is 4.45. The molecule has 3 amide bonds. The van der Waals surface area contributed by atoms with Crippen LogP contribution < -0.4 is 16.0 Å². The summed E-state index contributed by atoms with van der Waals surface area (Å²) in [6, 6.07) is 10.0. The van der Waals surface area contributed by atoms with Gasteiger partial charge < -0.3 is 15.5 Å². The van der Waals surface area contributed by atoms with Crippen LogP contribution in [0.25, 0.3) is 10.8 Å². The highest BCUT2D eigenvalue weighted by Crippen LogP contribution is 2.58. The zero-order chi connectivity index (χ0) is 28.4. The molecule has 214 valence electrons. The molecule has 8 nitrogen and oxygen atoms in total. The number of hydrogen-bond donors (Lipinski definition) is 2. The molecule has 2 saturated carbocycles. The van der Waals surface area contributed by atoms with Crippen molar-refractivity contribution in [3.8, 4) is 0 Å². The number of benzene rings is 2. The SMILES string of the molecule is CC1(CN2CCC(N=CC(=CN)Cc3ccc4c5c(cccc35)C(=O)N4C3CC34CCC(=O)NC4=O)CC2)CCC1. The molecule has 7 rings (SSSR count). The second-order valence-electron chi connectivity index (χ2n) is 13.3. The number of anilines is 1. The molecule has 3 N–H and O–H groups in total. The van der Waals surface area contributed by atoms with Gasteiger partial charge in [-0.15, -0.1) is 0 Å². The molecule has 8 heteroatoms. The summed E-state index contributed by atoms with van der Waals surface area (Å²) in [7, 11) is 0. The topological polar surface area (TPSA) is 108 Å². The number of likely N-dealkylation sites (tertiary alicyclic amines) is 1. The molecule has 41 heavy (non-hydrogen) atoms. The smallest absolute Gasteiger partial charge is 0.259 e. The molecule has 2 aromatic rings. The van der Waals surface area contributed by atoms with Gasteiger partial charge in [0.1, 0.15) is 0 Å². The third-order valence-electron chi connectivity index (χ3n) is 10.5. The summed E-state index contributed by atoms with van der Waals surface area (Å²) >= 11 is 0. The second kappa shape index (κ2) is 9.79. The zero-order valence-electron chi connectivity index (χ0n) is 23.8. The zero-order valence-corrected chi connectivity index (χ0v) is 23.8. The minimum atomic E-state index is -0.659. The number of imide groups is 1. The number of allylic oxidation sites excluding steroid dienone is 1. The van der Waals surface area contributed by atoms with E-state index in [1.807, 2.05) is 24.4 Å². The summed E-state index contributed by atoms with van der Waals surface area (Å²) in [6.07, 6.45) is 11.9. The lowest BCUT2D eigenvalue weighted by Crippen LogP contribution is -2.46. The highest BCUT2D eigenvalue weighted by atomic mass is 16.2. The monoisotopic (exact) mass is 553 g/mol. The molecule has 2 aliphatic carbocycles. The van der Waals surface area contributed by atoms with Crippen LogP contribution in [0.1, 0.15) is 74.2 Å². The maximum atomic E-state index is 13.6. The minimum Gasteiger partial charge on any atom is -0.404 e. The molecule has 2 atom stereocenters. The maximum Gasteiger partial charge on any atom is 0.259 e. The van der Waals surface area contributed by atoms with E-state index < -0.39 is 5.41 Å². The number of nitrogens with one attached hydrogen (secondary N) is 1. The molecule has 0 radical (unpaired) electrons. The van der Waals surface area contributed by atoms with Gasteiger partial charge in [-0.2, -0.15) is 0 Å². The van der Waals surface area contributed by atoms with E-state index in [4.69, 9.17) is 10.7 Å². The number of aliphatic imine (C=N–C) groups is 1. The lowest BCUT2D eigenvalue weighted by atomic mass is 9.70. The number of hydrogen-bond acceptors (Lipinski definition) is 6. The first-order valence-corrected chi connectivity index (χ1v) is 15.2. The van der Waals surface area contributed by atoms with Gasteiger partial charge in [0.25, 0.3) is 5.91 Å². The molecule has 3 aliphatic heterocycles. The third-order valence-corrected chi connectivity index (χ3v) is 10.5. The predicted molar refractivity (Wildman–Crippen MR) is 160 cm³/mol. The standard InChI is InChI=1S/C33H39N5O3/c1-32(11-3-12-32)20-37-14-9-23(10-15-37)35-19-21(18-34)16-22-6-7-26-29-24(22)4-2-5-25(29)30(40)38(26)27-17-33(27)13-8-28(39)36-31(33)41/h2,4-7,18-19,23,27H,3,8-17,20,34H2,1H3,(H,36,39,41). The molecule has 5 aliphatic rings. The predicted octanol–water partition coefficient (Wildman–Crippen LogP) is 4.11. The van der Waals surface area contributed by atoms with Crippen molar-refractivity contribution in [1.82, 2.24) is 10.2 Å². The van der Waals surface area contributed by atoms with Gasteiger partial charge in [0.15, 0.2) is 0 Å². The van der Waals surface area contributed by atoms with E-state index in [0.717, 1.165) is 53.5 Å². The molecule has 0 bridgehead atoms. The lowest BCUT2D eigenvalue weighted by Gasteiger charge is -2.44. The van der Waals surface area contributed by atoms with Gasteiger partial charge >= 0.3 is 0 Å². The first-order chi connectivity index (χ1) is 19.8. The van der Waals surface area contributed by atoms with Crippen LogP contribution in [0.3, 0.4) is 0 Å². The summed E-state index contributed by atoms with van der Waals surface area (Å²) in [6.45, 7) is 5.86. The number of piperidine rings is 2. The Morgan fingerprint density at radius 1 is 1.12 bits per heavy atom. The van der Waals surface area contributed by atoms with Crippen molar-refractivity contribution >= 4 is 40.4 Å². The van der Waals surface area contributed by atoms with Crippen molar-refractivity contribution in [2.75, 3.05) is 24.5 Å². The third kappa shape index (κ3) is 4.47. The van der Waals surface area contributed by atoms with Crippen LogP contribution in [0.4, 0.5) is 5.69 Å². The van der Waals surface area contributed by atoms with Gasteiger partial charge in [-0.25, -0.2) is 0 Å². The number of nitrogens with zero attached hydrogens (tertiary/aromatic N) is 3. The number of carbonyl (C=O) groups is 3. The Morgan fingerprint density at radius 3 is 2.63 bits per heavy atom. The van der Waals surface area contributed by atoms with Gasteiger partial charge in [-0.05, 0) is 78.8 Å². The van der Waals surface area contributed by atoms with E-state index in [0.29, 0.717) is 42.7 Å². The van der Waals surface area contributed by atoms with Crippen molar-refractivity contribution in [3.63, 3.8) is 0 Å². The largest absolute Gasteiger partial charge is 0.404 e. The first kappa shape index (κ1) is 26.4. The van der Waals surface area contributed by atoms with Gasteiger partial charge in [-0.1, -0.05) is 31.5 Å². The van der Waals surface area contributed by atoms with E-state index in [-0.39, 0.29) is 23.8 Å².